The van der Waals surface area contributed by atoms with Gasteiger partial charge in [0.2, 0.25) is 0 Å². The van der Waals surface area contributed by atoms with Gasteiger partial charge in [0.05, 0.1) is 17.0 Å². The summed E-state index contributed by atoms with van der Waals surface area (Å²) in [6, 6.07) is 17.0. The molecule has 1 amide bonds. The summed E-state index contributed by atoms with van der Waals surface area (Å²) in [5.74, 6) is -1.78. The Hall–Kier alpha value is -4.46. The number of amides is 1. The van der Waals surface area contributed by atoms with Gasteiger partial charge in [0.1, 0.15) is 5.75 Å². The monoisotopic (exact) mass is 512 g/mol. The molecule has 8 nitrogen and oxygen atoms in total. The molecular weight excluding hydrogens is 480 g/mol. The van der Waals surface area contributed by atoms with Crippen LogP contribution in [0.1, 0.15) is 62.5 Å². The fourth-order valence-electron chi connectivity index (χ4n) is 5.37. The molecule has 0 unspecified atom stereocenters. The smallest absolute Gasteiger partial charge is 0.335 e. The van der Waals surface area contributed by atoms with E-state index in [2.05, 4.69) is 49.6 Å². The van der Waals surface area contributed by atoms with Gasteiger partial charge in [0.25, 0.3) is 5.91 Å². The van der Waals surface area contributed by atoms with E-state index in [1.165, 1.54) is 30.2 Å². The van der Waals surface area contributed by atoms with Gasteiger partial charge < -0.3 is 20.9 Å². The number of carboxylic acids is 1. The van der Waals surface area contributed by atoms with Crippen molar-refractivity contribution in [3.63, 3.8) is 0 Å². The van der Waals surface area contributed by atoms with E-state index in [9.17, 15) is 19.8 Å². The lowest BCUT2D eigenvalue weighted by molar-refractivity contribution is -0.110. The van der Waals surface area contributed by atoms with E-state index in [1.807, 2.05) is 12.1 Å². The Kier molecular flexibility index (Phi) is 6.84. The van der Waals surface area contributed by atoms with Gasteiger partial charge in [-0.05, 0) is 71.2 Å². The Bertz CT molecular complexity index is 1490. The Morgan fingerprint density at radius 3 is 2.32 bits per heavy atom. The van der Waals surface area contributed by atoms with E-state index in [0.717, 1.165) is 6.42 Å². The Labute approximate surface area is 221 Å². The van der Waals surface area contributed by atoms with Crippen molar-refractivity contribution in [3.8, 4) is 16.9 Å². The predicted molar refractivity (Wildman–Crippen MR) is 151 cm³/mol. The molecule has 0 heterocycles. The van der Waals surface area contributed by atoms with Crippen LogP contribution < -0.4 is 10.7 Å². The van der Waals surface area contributed by atoms with E-state index in [4.69, 9.17) is 5.41 Å². The van der Waals surface area contributed by atoms with Crippen molar-refractivity contribution < 1.29 is 19.8 Å². The fraction of sp³-hybridized carbons (Fsp3) is 0.267. The lowest BCUT2D eigenvalue weighted by Crippen LogP contribution is -2.29. The van der Waals surface area contributed by atoms with Crippen LogP contribution >= 0.6 is 0 Å². The van der Waals surface area contributed by atoms with E-state index in [-0.39, 0.29) is 39.3 Å². The number of nitrogens with one attached hydrogen (secondary N) is 3. The third-order valence-corrected chi connectivity index (χ3v) is 6.93. The average Bonchev–Trinajstić information content (AvgIpc) is 3.03. The molecule has 3 aromatic rings. The molecule has 3 aromatic carbocycles. The summed E-state index contributed by atoms with van der Waals surface area (Å²) in [7, 11) is 0. The largest absolute Gasteiger partial charge is 0.505 e. The van der Waals surface area contributed by atoms with Gasteiger partial charge >= 0.3 is 5.97 Å². The molecule has 0 aliphatic heterocycles. The molecule has 5 N–H and O–H groups in total. The molecule has 0 bridgehead atoms. The maximum atomic E-state index is 13.1. The van der Waals surface area contributed by atoms with E-state index < -0.39 is 11.9 Å². The number of fused-ring (bicyclic) bond motifs is 1. The minimum atomic E-state index is -1.07. The van der Waals surface area contributed by atoms with Crippen LogP contribution in [0.15, 0.2) is 65.8 Å². The highest BCUT2D eigenvalue weighted by molar-refractivity contribution is 6.67. The summed E-state index contributed by atoms with van der Waals surface area (Å²) in [6.07, 6.45) is 1.01. The predicted octanol–water partition coefficient (Wildman–Crippen LogP) is 6.16. The summed E-state index contributed by atoms with van der Waals surface area (Å²) >= 11 is 0. The molecule has 0 radical (unpaired) electrons. The van der Waals surface area contributed by atoms with Crippen molar-refractivity contribution >= 4 is 34.7 Å². The van der Waals surface area contributed by atoms with Gasteiger partial charge in [-0.15, -0.1) is 0 Å². The van der Waals surface area contributed by atoms with Gasteiger partial charge in [0, 0.05) is 11.3 Å². The molecule has 196 valence electrons. The molecular formula is C30H32N4O4. The maximum absolute atomic E-state index is 13.1. The quantitative estimate of drug-likeness (QED) is 0.147. The summed E-state index contributed by atoms with van der Waals surface area (Å²) in [5, 5.41) is 35.2. The number of carbonyl (C=O) groups excluding carboxylic acids is 1. The van der Waals surface area contributed by atoms with Crippen LogP contribution in [0, 0.1) is 5.41 Å². The van der Waals surface area contributed by atoms with Crippen molar-refractivity contribution in [2.75, 3.05) is 10.7 Å². The first-order chi connectivity index (χ1) is 17.8. The number of nitrogens with zero attached hydrogens (tertiary/aromatic N) is 1. The van der Waals surface area contributed by atoms with Crippen molar-refractivity contribution in [1.29, 1.82) is 5.41 Å². The number of para-hydroxylation sites is 1. The Balaban J connectivity index is 1.58. The summed E-state index contributed by atoms with van der Waals surface area (Å²) in [5.41, 5.74) is 6.82. The second-order valence-electron chi connectivity index (χ2n) is 10.9. The van der Waals surface area contributed by atoms with E-state index in [1.54, 1.807) is 30.3 Å². The van der Waals surface area contributed by atoms with Crippen molar-refractivity contribution in [3.05, 3.63) is 77.4 Å². The highest BCUT2D eigenvalue weighted by atomic mass is 16.4. The van der Waals surface area contributed by atoms with E-state index >= 15 is 0 Å². The zero-order valence-corrected chi connectivity index (χ0v) is 22.1. The number of carbonyl (C=O) groups is 2. The van der Waals surface area contributed by atoms with Crippen LogP contribution in [0.25, 0.3) is 11.1 Å². The van der Waals surface area contributed by atoms with Crippen LogP contribution in [0.5, 0.6) is 5.75 Å². The number of benzene rings is 3. The Morgan fingerprint density at radius 2 is 1.63 bits per heavy atom. The average molecular weight is 513 g/mol. The second kappa shape index (κ2) is 9.78. The minimum absolute atomic E-state index is 0.0258. The molecule has 4 rings (SSSR count). The number of phenolic OH excluding ortho intramolecular Hbond substituents is 1. The zero-order chi connectivity index (χ0) is 27.8. The zero-order valence-electron chi connectivity index (χ0n) is 22.1. The molecule has 0 fully saturated rings. The van der Waals surface area contributed by atoms with Gasteiger partial charge in [0.15, 0.2) is 5.71 Å². The van der Waals surface area contributed by atoms with Crippen LogP contribution in [0.4, 0.5) is 11.4 Å². The molecule has 38 heavy (non-hydrogen) atoms. The van der Waals surface area contributed by atoms with Gasteiger partial charge in [-0.25, -0.2) is 4.79 Å². The first-order valence-electron chi connectivity index (χ1n) is 12.3. The first kappa shape index (κ1) is 26.6. The molecule has 0 aromatic heterocycles. The standard InChI is InChI=1S/C30H32N4O4/c1-17(31)25(27(36)32-20-12-13-22-23(15-20)30(4,5)16-29(22,2)3)34-33-24-11-7-10-21(26(24)35)18-8-6-9-19(14-18)28(37)38/h6-15,31,33,35H,16H2,1-5H3,(H,32,36)(H,37,38)/b31-17?,34-25-. The minimum Gasteiger partial charge on any atom is -0.505 e. The third-order valence-electron chi connectivity index (χ3n) is 6.93. The molecule has 0 saturated carbocycles. The lowest BCUT2D eigenvalue weighted by Gasteiger charge is -2.22. The number of anilines is 2. The number of aromatic carboxylic acids is 1. The number of rotatable bonds is 7. The summed E-state index contributed by atoms with van der Waals surface area (Å²) < 4.78 is 0. The molecule has 1 aliphatic carbocycles. The molecule has 1 aliphatic rings. The van der Waals surface area contributed by atoms with E-state index in [0.29, 0.717) is 16.8 Å². The van der Waals surface area contributed by atoms with Gasteiger partial charge in [-0.3, -0.25) is 10.2 Å². The SMILES string of the molecule is CC(=N)/C(=N/Nc1cccc(-c2cccc(C(=O)O)c2)c1O)C(=O)Nc1ccc2c(c1)C(C)(C)CC2(C)C. The van der Waals surface area contributed by atoms with Crippen molar-refractivity contribution in [1.82, 2.24) is 0 Å². The van der Waals surface area contributed by atoms with Crippen LogP contribution in [0.3, 0.4) is 0 Å². The highest BCUT2D eigenvalue weighted by Gasteiger charge is 2.41. The van der Waals surface area contributed by atoms with Crippen LogP contribution in [-0.4, -0.2) is 33.5 Å². The second-order valence-corrected chi connectivity index (χ2v) is 10.9. The van der Waals surface area contributed by atoms with Gasteiger partial charge in [-0.1, -0.05) is 58.0 Å². The highest BCUT2D eigenvalue weighted by Crippen LogP contribution is 2.49. The normalized spacial score (nSPS) is 15.4. The first-order valence-corrected chi connectivity index (χ1v) is 12.3. The number of aromatic hydroxyl groups is 1. The Morgan fingerprint density at radius 1 is 0.947 bits per heavy atom. The van der Waals surface area contributed by atoms with Crippen LogP contribution in [-0.2, 0) is 15.6 Å². The topological polar surface area (TPSA) is 135 Å². The maximum Gasteiger partial charge on any atom is 0.335 e. The van der Waals surface area contributed by atoms with Crippen LogP contribution in [0.2, 0.25) is 0 Å². The fourth-order valence-corrected chi connectivity index (χ4v) is 5.37. The number of hydrogen-bond donors (Lipinski definition) is 5. The molecule has 0 spiro atoms. The number of hydrazone groups is 1. The number of carboxylic acid groups (broad SMARTS) is 1. The van der Waals surface area contributed by atoms with Crippen molar-refractivity contribution in [2.24, 2.45) is 5.10 Å². The van der Waals surface area contributed by atoms with Crippen molar-refractivity contribution in [2.45, 2.75) is 51.9 Å². The summed E-state index contributed by atoms with van der Waals surface area (Å²) in [4.78, 5) is 24.4. The lowest BCUT2D eigenvalue weighted by atomic mass is 9.82. The molecule has 0 atom stereocenters. The number of hydrogen-bond acceptors (Lipinski definition) is 6. The van der Waals surface area contributed by atoms with Gasteiger partial charge in [-0.2, -0.15) is 5.10 Å². The summed E-state index contributed by atoms with van der Waals surface area (Å²) in [6.45, 7) is 10.3. The number of phenols is 1. The molecule has 8 heteroatoms. The third kappa shape index (κ3) is 5.16. The molecule has 0 saturated heterocycles.